The van der Waals surface area contributed by atoms with Crippen LogP contribution in [0.1, 0.15) is 6.92 Å². The zero-order valence-electron chi connectivity index (χ0n) is 13.9. The van der Waals surface area contributed by atoms with Gasteiger partial charge in [-0.15, -0.1) is 0 Å². The summed E-state index contributed by atoms with van der Waals surface area (Å²) >= 11 is 5.26. The van der Waals surface area contributed by atoms with Gasteiger partial charge in [-0.1, -0.05) is 0 Å². The van der Waals surface area contributed by atoms with Crippen LogP contribution in [0, 0.1) is 0 Å². The molecule has 0 bridgehead atoms. The zero-order chi connectivity index (χ0) is 17.2. The van der Waals surface area contributed by atoms with Gasteiger partial charge in [0, 0.05) is 5.69 Å². The molecule has 0 saturated carbocycles. The quantitative estimate of drug-likeness (QED) is 0.564. The summed E-state index contributed by atoms with van der Waals surface area (Å²) in [4.78, 5) is 0. The van der Waals surface area contributed by atoms with Crippen LogP contribution in [0.2, 0.25) is 0 Å². The molecule has 2 aromatic carbocycles. The Labute approximate surface area is 147 Å². The van der Waals surface area contributed by atoms with Gasteiger partial charge >= 0.3 is 0 Å². The van der Waals surface area contributed by atoms with Gasteiger partial charge in [-0.05, 0) is 67.7 Å². The highest BCUT2D eigenvalue weighted by Crippen LogP contribution is 2.17. The molecule has 5 nitrogen and oxygen atoms in total. The molecule has 0 spiro atoms. The molecule has 0 saturated heterocycles. The van der Waals surface area contributed by atoms with Crippen molar-refractivity contribution in [3.05, 3.63) is 48.5 Å². The van der Waals surface area contributed by atoms with Gasteiger partial charge < -0.3 is 24.8 Å². The smallest absolute Gasteiger partial charge is 0.170 e. The van der Waals surface area contributed by atoms with Crippen molar-refractivity contribution < 1.29 is 14.2 Å². The van der Waals surface area contributed by atoms with Crippen molar-refractivity contribution in [3.63, 3.8) is 0 Å². The summed E-state index contributed by atoms with van der Waals surface area (Å²) < 4.78 is 16.1. The predicted molar refractivity (Wildman–Crippen MR) is 100 cm³/mol. The molecule has 0 atom stereocenters. The molecule has 0 amide bonds. The maximum atomic E-state index is 5.63. The van der Waals surface area contributed by atoms with Gasteiger partial charge in [-0.25, -0.2) is 0 Å². The van der Waals surface area contributed by atoms with E-state index in [4.69, 9.17) is 26.4 Å². The number of benzene rings is 2. The van der Waals surface area contributed by atoms with E-state index in [0.717, 1.165) is 22.9 Å². The van der Waals surface area contributed by atoms with Crippen molar-refractivity contribution in [2.45, 2.75) is 6.92 Å². The Hall–Kier alpha value is -2.47. The van der Waals surface area contributed by atoms with E-state index < -0.39 is 0 Å². The van der Waals surface area contributed by atoms with E-state index in [1.807, 2.05) is 55.5 Å². The number of anilines is 1. The molecule has 6 heteroatoms. The number of hydrogen-bond donors (Lipinski definition) is 2. The molecule has 0 aromatic heterocycles. The highest BCUT2D eigenvalue weighted by Gasteiger charge is 1.99. The molecule has 0 aliphatic carbocycles. The zero-order valence-corrected chi connectivity index (χ0v) is 14.7. The Balaban J connectivity index is 1.67. The maximum Gasteiger partial charge on any atom is 0.170 e. The van der Waals surface area contributed by atoms with Gasteiger partial charge in [0.25, 0.3) is 0 Å². The van der Waals surface area contributed by atoms with E-state index in [1.54, 1.807) is 7.11 Å². The summed E-state index contributed by atoms with van der Waals surface area (Å²) in [5, 5.41) is 6.77. The summed E-state index contributed by atoms with van der Waals surface area (Å²) in [7, 11) is 1.64. The topological polar surface area (TPSA) is 51.8 Å². The number of ether oxygens (including phenoxy) is 3. The van der Waals surface area contributed by atoms with Crippen LogP contribution < -0.4 is 24.8 Å². The molecule has 24 heavy (non-hydrogen) atoms. The fourth-order valence-electron chi connectivity index (χ4n) is 1.98. The Morgan fingerprint density at radius 1 is 0.917 bits per heavy atom. The molecular formula is C18H22N2O3S. The van der Waals surface area contributed by atoms with E-state index in [0.29, 0.717) is 24.9 Å². The molecule has 128 valence electrons. The van der Waals surface area contributed by atoms with Crippen molar-refractivity contribution in [3.8, 4) is 17.2 Å². The lowest BCUT2D eigenvalue weighted by Crippen LogP contribution is -2.31. The SMILES string of the molecule is CCOc1ccc(NC(=S)NCCOc2ccc(OC)cc2)cc1. The molecule has 2 rings (SSSR count). The van der Waals surface area contributed by atoms with Crippen molar-refractivity contribution in [1.82, 2.24) is 5.32 Å². The first-order chi connectivity index (χ1) is 11.7. The summed E-state index contributed by atoms with van der Waals surface area (Å²) in [5.41, 5.74) is 0.909. The minimum absolute atomic E-state index is 0.511. The molecule has 2 aromatic rings. The molecule has 0 unspecified atom stereocenters. The maximum absolute atomic E-state index is 5.63. The number of methoxy groups -OCH3 is 1. The predicted octanol–water partition coefficient (Wildman–Crippen LogP) is 3.46. The first-order valence-corrected chi connectivity index (χ1v) is 8.16. The third-order valence-corrected chi connectivity index (χ3v) is 3.39. The third kappa shape index (κ3) is 5.96. The van der Waals surface area contributed by atoms with Crippen molar-refractivity contribution in [2.75, 3.05) is 32.2 Å². The van der Waals surface area contributed by atoms with Crippen LogP contribution in [0.15, 0.2) is 48.5 Å². The van der Waals surface area contributed by atoms with Crippen LogP contribution in [0.5, 0.6) is 17.2 Å². The first kappa shape index (κ1) is 17.9. The average Bonchev–Trinajstić information content (AvgIpc) is 2.61. The molecule has 0 aliphatic heterocycles. The van der Waals surface area contributed by atoms with E-state index in [-0.39, 0.29) is 0 Å². The van der Waals surface area contributed by atoms with Crippen molar-refractivity contribution in [2.24, 2.45) is 0 Å². The number of rotatable bonds is 8. The largest absolute Gasteiger partial charge is 0.497 e. The van der Waals surface area contributed by atoms with Crippen LogP contribution in [0.4, 0.5) is 5.69 Å². The summed E-state index contributed by atoms with van der Waals surface area (Å²) in [6, 6.07) is 15.1. The van der Waals surface area contributed by atoms with Crippen molar-refractivity contribution in [1.29, 1.82) is 0 Å². The molecule has 2 N–H and O–H groups in total. The standard InChI is InChI=1S/C18H22N2O3S/c1-3-22-16-6-4-14(5-7-16)20-18(24)19-12-13-23-17-10-8-15(21-2)9-11-17/h4-11H,3,12-13H2,1-2H3,(H2,19,20,24). The monoisotopic (exact) mass is 346 g/mol. The molecule has 0 heterocycles. The van der Waals surface area contributed by atoms with E-state index in [2.05, 4.69) is 10.6 Å². The van der Waals surface area contributed by atoms with Gasteiger partial charge in [0.05, 0.1) is 20.3 Å². The second-order valence-electron chi connectivity index (χ2n) is 4.86. The second kappa shape index (κ2) is 9.62. The average molecular weight is 346 g/mol. The summed E-state index contributed by atoms with van der Waals surface area (Å²) in [6.45, 7) is 3.73. The lowest BCUT2D eigenvalue weighted by molar-refractivity contribution is 0.322. The molecule has 0 aliphatic rings. The van der Waals surface area contributed by atoms with Crippen LogP contribution >= 0.6 is 12.2 Å². The van der Waals surface area contributed by atoms with Gasteiger partial charge in [0.2, 0.25) is 0 Å². The van der Waals surface area contributed by atoms with Gasteiger partial charge in [0.1, 0.15) is 23.9 Å². The van der Waals surface area contributed by atoms with E-state index in [1.165, 1.54) is 0 Å². The highest BCUT2D eigenvalue weighted by molar-refractivity contribution is 7.80. The Bertz CT molecular complexity index is 630. The molecular weight excluding hydrogens is 324 g/mol. The Kier molecular flexibility index (Phi) is 7.17. The lowest BCUT2D eigenvalue weighted by Gasteiger charge is -2.12. The van der Waals surface area contributed by atoms with Crippen LogP contribution in [-0.2, 0) is 0 Å². The van der Waals surface area contributed by atoms with Crippen molar-refractivity contribution >= 4 is 23.0 Å². The number of hydrogen-bond acceptors (Lipinski definition) is 4. The minimum Gasteiger partial charge on any atom is -0.497 e. The number of thiocarbonyl (C=S) groups is 1. The second-order valence-corrected chi connectivity index (χ2v) is 5.27. The van der Waals surface area contributed by atoms with E-state index >= 15 is 0 Å². The Morgan fingerprint density at radius 3 is 2.12 bits per heavy atom. The highest BCUT2D eigenvalue weighted by atomic mass is 32.1. The fraction of sp³-hybridized carbons (Fsp3) is 0.278. The summed E-state index contributed by atoms with van der Waals surface area (Å²) in [6.07, 6.45) is 0. The van der Waals surface area contributed by atoms with Gasteiger partial charge in [-0.3, -0.25) is 0 Å². The van der Waals surface area contributed by atoms with Gasteiger partial charge in [-0.2, -0.15) is 0 Å². The van der Waals surface area contributed by atoms with Crippen LogP contribution in [0.25, 0.3) is 0 Å². The summed E-state index contributed by atoms with van der Waals surface area (Å²) in [5.74, 6) is 2.44. The molecule has 0 radical (unpaired) electrons. The normalized spacial score (nSPS) is 9.92. The van der Waals surface area contributed by atoms with E-state index in [9.17, 15) is 0 Å². The molecule has 0 fully saturated rings. The fourth-order valence-corrected chi connectivity index (χ4v) is 2.20. The minimum atomic E-state index is 0.511. The van der Waals surface area contributed by atoms with Gasteiger partial charge in [0.15, 0.2) is 5.11 Å². The number of nitrogens with one attached hydrogen (secondary N) is 2. The van der Waals surface area contributed by atoms with Crippen LogP contribution in [0.3, 0.4) is 0 Å². The lowest BCUT2D eigenvalue weighted by atomic mass is 10.3. The first-order valence-electron chi connectivity index (χ1n) is 7.76. The van der Waals surface area contributed by atoms with Crippen LogP contribution in [-0.4, -0.2) is 32.0 Å². The third-order valence-electron chi connectivity index (χ3n) is 3.14. The Morgan fingerprint density at radius 2 is 1.50 bits per heavy atom.